The minimum absolute atomic E-state index is 0.0947. The summed E-state index contributed by atoms with van der Waals surface area (Å²) in [6.45, 7) is 0. The highest BCUT2D eigenvalue weighted by Crippen LogP contribution is 2.31. The average Bonchev–Trinajstić information content (AvgIpc) is 3.19. The van der Waals surface area contributed by atoms with Gasteiger partial charge in [0.2, 0.25) is 5.91 Å². The molecular formula is C13H17NO3S. The van der Waals surface area contributed by atoms with Crippen molar-refractivity contribution in [2.24, 2.45) is 0 Å². The van der Waals surface area contributed by atoms with Gasteiger partial charge in [-0.25, -0.2) is 0 Å². The van der Waals surface area contributed by atoms with Gasteiger partial charge in [-0.05, 0) is 31.0 Å². The van der Waals surface area contributed by atoms with Crippen LogP contribution in [0.1, 0.15) is 12.8 Å². The first-order valence-corrected chi connectivity index (χ1v) is 6.85. The lowest BCUT2D eigenvalue weighted by molar-refractivity contribution is -0.118. The number of amides is 1. The Labute approximate surface area is 111 Å². The molecule has 0 aliphatic heterocycles. The van der Waals surface area contributed by atoms with Crippen LogP contribution in [0.4, 0.5) is 0 Å². The summed E-state index contributed by atoms with van der Waals surface area (Å²) in [5.74, 6) is 1.91. The fraction of sp³-hybridized carbons (Fsp3) is 0.462. The van der Waals surface area contributed by atoms with Gasteiger partial charge >= 0.3 is 0 Å². The summed E-state index contributed by atoms with van der Waals surface area (Å²) in [5.41, 5.74) is 0. The van der Waals surface area contributed by atoms with Crippen LogP contribution in [0.5, 0.6) is 11.5 Å². The summed E-state index contributed by atoms with van der Waals surface area (Å²) in [4.78, 5) is 12.6. The van der Waals surface area contributed by atoms with E-state index in [0.717, 1.165) is 17.7 Å². The monoisotopic (exact) mass is 267 g/mol. The highest BCUT2D eigenvalue weighted by atomic mass is 32.2. The molecule has 1 amide bonds. The van der Waals surface area contributed by atoms with E-state index in [1.807, 2.05) is 18.2 Å². The molecule has 0 aromatic heterocycles. The number of hydrogen-bond acceptors (Lipinski definition) is 4. The molecule has 0 atom stereocenters. The SMILES string of the molecule is COc1ccc(SCC(=O)NC2CC2)cc1OC. The fourth-order valence-corrected chi connectivity index (χ4v) is 2.29. The Morgan fingerprint density at radius 2 is 2.06 bits per heavy atom. The van der Waals surface area contributed by atoms with Gasteiger partial charge in [0.05, 0.1) is 20.0 Å². The number of benzene rings is 1. The van der Waals surface area contributed by atoms with E-state index >= 15 is 0 Å². The Morgan fingerprint density at radius 3 is 2.67 bits per heavy atom. The number of thioether (sulfide) groups is 1. The van der Waals surface area contributed by atoms with Gasteiger partial charge in [-0.3, -0.25) is 4.79 Å². The van der Waals surface area contributed by atoms with Gasteiger partial charge in [-0.15, -0.1) is 11.8 Å². The summed E-state index contributed by atoms with van der Waals surface area (Å²) in [6, 6.07) is 6.08. The lowest BCUT2D eigenvalue weighted by Gasteiger charge is -2.09. The van der Waals surface area contributed by atoms with E-state index in [0.29, 0.717) is 23.3 Å². The maximum Gasteiger partial charge on any atom is 0.230 e. The summed E-state index contributed by atoms with van der Waals surface area (Å²) in [7, 11) is 3.21. The molecular weight excluding hydrogens is 250 g/mol. The third kappa shape index (κ3) is 3.57. The number of nitrogens with one attached hydrogen (secondary N) is 1. The van der Waals surface area contributed by atoms with E-state index in [2.05, 4.69) is 5.32 Å². The molecule has 1 N–H and O–H groups in total. The predicted octanol–water partition coefficient (Wildman–Crippen LogP) is 2.07. The Kier molecular flexibility index (Phi) is 4.36. The van der Waals surface area contributed by atoms with Crippen molar-refractivity contribution in [1.82, 2.24) is 5.32 Å². The zero-order valence-electron chi connectivity index (χ0n) is 10.6. The summed E-state index contributed by atoms with van der Waals surface area (Å²) in [5, 5.41) is 2.96. The first kappa shape index (κ1) is 13.1. The van der Waals surface area contributed by atoms with Crippen LogP contribution in [0.25, 0.3) is 0 Å². The second-order valence-corrected chi connectivity index (χ2v) is 5.20. The zero-order valence-corrected chi connectivity index (χ0v) is 11.4. The summed E-state index contributed by atoms with van der Waals surface area (Å²) >= 11 is 1.50. The smallest absolute Gasteiger partial charge is 0.230 e. The van der Waals surface area contributed by atoms with Gasteiger partial charge in [0.1, 0.15) is 0 Å². The highest BCUT2D eigenvalue weighted by Gasteiger charge is 2.23. The number of ether oxygens (including phenoxy) is 2. The van der Waals surface area contributed by atoms with E-state index in [4.69, 9.17) is 9.47 Å². The minimum Gasteiger partial charge on any atom is -0.493 e. The van der Waals surface area contributed by atoms with Crippen molar-refractivity contribution in [1.29, 1.82) is 0 Å². The molecule has 0 unspecified atom stereocenters. The van der Waals surface area contributed by atoms with Crippen LogP contribution < -0.4 is 14.8 Å². The quantitative estimate of drug-likeness (QED) is 0.802. The van der Waals surface area contributed by atoms with Crippen LogP contribution in [0, 0.1) is 0 Å². The van der Waals surface area contributed by atoms with Gasteiger partial charge in [0.25, 0.3) is 0 Å². The fourth-order valence-electron chi connectivity index (χ4n) is 1.55. The Hall–Kier alpha value is -1.36. The third-order valence-electron chi connectivity index (χ3n) is 2.67. The molecule has 98 valence electrons. The molecule has 0 saturated heterocycles. The molecule has 4 nitrogen and oxygen atoms in total. The van der Waals surface area contributed by atoms with E-state index in [1.165, 1.54) is 11.8 Å². The van der Waals surface area contributed by atoms with Gasteiger partial charge in [-0.2, -0.15) is 0 Å². The molecule has 0 bridgehead atoms. The average molecular weight is 267 g/mol. The lowest BCUT2D eigenvalue weighted by Crippen LogP contribution is -2.26. The lowest BCUT2D eigenvalue weighted by atomic mass is 10.3. The molecule has 2 rings (SSSR count). The largest absolute Gasteiger partial charge is 0.493 e. The first-order valence-electron chi connectivity index (χ1n) is 5.87. The molecule has 1 fully saturated rings. The maximum absolute atomic E-state index is 11.6. The second kappa shape index (κ2) is 6.00. The van der Waals surface area contributed by atoms with E-state index < -0.39 is 0 Å². The van der Waals surface area contributed by atoms with Crippen LogP contribution in [0.2, 0.25) is 0 Å². The Morgan fingerprint density at radius 1 is 1.33 bits per heavy atom. The molecule has 0 heterocycles. The van der Waals surface area contributed by atoms with E-state index in [1.54, 1.807) is 14.2 Å². The van der Waals surface area contributed by atoms with Crippen molar-refractivity contribution >= 4 is 17.7 Å². The molecule has 5 heteroatoms. The highest BCUT2D eigenvalue weighted by molar-refractivity contribution is 8.00. The molecule has 1 aliphatic carbocycles. The summed E-state index contributed by atoms with van der Waals surface area (Å²) < 4.78 is 10.4. The van der Waals surface area contributed by atoms with E-state index in [9.17, 15) is 4.79 Å². The first-order chi connectivity index (χ1) is 8.72. The molecule has 1 aromatic rings. The van der Waals surface area contributed by atoms with Crippen molar-refractivity contribution in [2.75, 3.05) is 20.0 Å². The van der Waals surface area contributed by atoms with Crippen LogP contribution in [-0.2, 0) is 4.79 Å². The van der Waals surface area contributed by atoms with Crippen LogP contribution in [0.3, 0.4) is 0 Å². The standard InChI is InChI=1S/C13H17NO3S/c1-16-11-6-5-10(7-12(11)17-2)18-8-13(15)14-9-3-4-9/h5-7,9H,3-4,8H2,1-2H3,(H,14,15). The van der Waals surface area contributed by atoms with Crippen molar-refractivity contribution in [3.05, 3.63) is 18.2 Å². The van der Waals surface area contributed by atoms with Crippen LogP contribution in [0.15, 0.2) is 23.1 Å². The second-order valence-electron chi connectivity index (χ2n) is 4.15. The Bertz CT molecular complexity index is 432. The van der Waals surface area contributed by atoms with Gasteiger partial charge in [-0.1, -0.05) is 0 Å². The minimum atomic E-state index is 0.0947. The normalized spacial score (nSPS) is 14.1. The predicted molar refractivity (Wildman–Crippen MR) is 71.4 cm³/mol. The topological polar surface area (TPSA) is 47.6 Å². The van der Waals surface area contributed by atoms with Crippen molar-refractivity contribution in [2.45, 2.75) is 23.8 Å². The maximum atomic E-state index is 11.6. The number of rotatable bonds is 6. The number of carbonyl (C=O) groups is 1. The molecule has 0 radical (unpaired) electrons. The van der Waals surface area contributed by atoms with Crippen molar-refractivity contribution in [3.8, 4) is 11.5 Å². The summed E-state index contributed by atoms with van der Waals surface area (Å²) in [6.07, 6.45) is 2.24. The van der Waals surface area contributed by atoms with Crippen LogP contribution >= 0.6 is 11.8 Å². The van der Waals surface area contributed by atoms with Crippen molar-refractivity contribution < 1.29 is 14.3 Å². The number of methoxy groups -OCH3 is 2. The molecule has 1 saturated carbocycles. The number of hydrogen-bond donors (Lipinski definition) is 1. The van der Waals surface area contributed by atoms with Gasteiger partial charge in [0.15, 0.2) is 11.5 Å². The molecule has 1 aliphatic rings. The number of carbonyl (C=O) groups excluding carboxylic acids is 1. The molecule has 0 spiro atoms. The van der Waals surface area contributed by atoms with E-state index in [-0.39, 0.29) is 5.91 Å². The molecule has 18 heavy (non-hydrogen) atoms. The third-order valence-corrected chi connectivity index (χ3v) is 3.66. The Balaban J connectivity index is 1.89. The van der Waals surface area contributed by atoms with Gasteiger partial charge in [0, 0.05) is 10.9 Å². The van der Waals surface area contributed by atoms with Crippen LogP contribution in [-0.4, -0.2) is 31.9 Å². The van der Waals surface area contributed by atoms with Gasteiger partial charge < -0.3 is 14.8 Å². The zero-order chi connectivity index (χ0) is 13.0. The molecule has 1 aromatic carbocycles. The van der Waals surface area contributed by atoms with Crippen molar-refractivity contribution in [3.63, 3.8) is 0 Å².